The summed E-state index contributed by atoms with van der Waals surface area (Å²) >= 11 is 0. The van der Waals surface area contributed by atoms with E-state index in [1.165, 1.54) is 0 Å². The fourth-order valence-electron chi connectivity index (χ4n) is 1.74. The monoisotopic (exact) mass is 225 g/mol. The molecule has 1 fully saturated rings. The predicted molar refractivity (Wildman–Crippen MR) is 58.9 cm³/mol. The minimum atomic E-state index is 0.429. The van der Waals surface area contributed by atoms with Crippen LogP contribution in [0.4, 0.5) is 0 Å². The SMILES string of the molecule is CC(C)NCc1nc(CC2CCOC2)no1. The van der Waals surface area contributed by atoms with Gasteiger partial charge in [0.1, 0.15) is 0 Å². The van der Waals surface area contributed by atoms with Crippen molar-refractivity contribution in [1.82, 2.24) is 15.5 Å². The molecule has 2 rings (SSSR count). The van der Waals surface area contributed by atoms with Crippen LogP contribution in [0, 0.1) is 5.92 Å². The van der Waals surface area contributed by atoms with E-state index in [0.29, 0.717) is 24.4 Å². The molecular weight excluding hydrogens is 206 g/mol. The van der Waals surface area contributed by atoms with Crippen molar-refractivity contribution < 1.29 is 9.26 Å². The first kappa shape index (κ1) is 11.5. The van der Waals surface area contributed by atoms with Gasteiger partial charge >= 0.3 is 0 Å². The van der Waals surface area contributed by atoms with Crippen molar-refractivity contribution in [1.29, 1.82) is 0 Å². The molecule has 0 aromatic carbocycles. The number of nitrogens with one attached hydrogen (secondary N) is 1. The number of hydrogen-bond donors (Lipinski definition) is 1. The van der Waals surface area contributed by atoms with Crippen molar-refractivity contribution in [2.45, 2.75) is 39.3 Å². The Bertz CT molecular complexity index is 319. The zero-order chi connectivity index (χ0) is 11.4. The Morgan fingerprint density at radius 1 is 1.50 bits per heavy atom. The smallest absolute Gasteiger partial charge is 0.240 e. The summed E-state index contributed by atoms with van der Waals surface area (Å²) in [7, 11) is 0. The molecule has 1 unspecified atom stereocenters. The van der Waals surface area contributed by atoms with Gasteiger partial charge in [0.05, 0.1) is 6.54 Å². The Morgan fingerprint density at radius 3 is 3.06 bits per heavy atom. The van der Waals surface area contributed by atoms with E-state index in [9.17, 15) is 0 Å². The molecule has 1 aliphatic heterocycles. The van der Waals surface area contributed by atoms with Crippen LogP contribution in [0.1, 0.15) is 32.0 Å². The van der Waals surface area contributed by atoms with E-state index in [1.807, 2.05) is 0 Å². The van der Waals surface area contributed by atoms with Crippen LogP contribution in [0.3, 0.4) is 0 Å². The Morgan fingerprint density at radius 2 is 2.38 bits per heavy atom. The van der Waals surface area contributed by atoms with E-state index < -0.39 is 0 Å². The molecule has 1 aromatic rings. The third-order valence-corrected chi connectivity index (χ3v) is 2.67. The van der Waals surface area contributed by atoms with Gasteiger partial charge in [0, 0.05) is 25.7 Å². The average molecular weight is 225 g/mol. The summed E-state index contributed by atoms with van der Waals surface area (Å²) in [6.45, 7) is 6.52. The zero-order valence-electron chi connectivity index (χ0n) is 9.90. The lowest BCUT2D eigenvalue weighted by Crippen LogP contribution is -2.22. The number of aromatic nitrogens is 2. The highest BCUT2D eigenvalue weighted by atomic mass is 16.5. The van der Waals surface area contributed by atoms with Crippen LogP contribution in [0.5, 0.6) is 0 Å². The van der Waals surface area contributed by atoms with E-state index in [4.69, 9.17) is 9.26 Å². The number of hydrogen-bond acceptors (Lipinski definition) is 5. The first-order valence-corrected chi connectivity index (χ1v) is 5.86. The minimum Gasteiger partial charge on any atom is -0.381 e. The Labute approximate surface area is 95.6 Å². The third kappa shape index (κ3) is 3.28. The maximum absolute atomic E-state index is 5.32. The first-order chi connectivity index (χ1) is 7.74. The molecule has 0 spiro atoms. The lowest BCUT2D eigenvalue weighted by Gasteiger charge is -2.03. The molecule has 0 saturated carbocycles. The van der Waals surface area contributed by atoms with Gasteiger partial charge in [-0.3, -0.25) is 0 Å². The molecule has 5 heteroatoms. The maximum Gasteiger partial charge on any atom is 0.240 e. The highest BCUT2D eigenvalue weighted by molar-refractivity contribution is 4.89. The molecule has 0 radical (unpaired) electrons. The van der Waals surface area contributed by atoms with Crippen molar-refractivity contribution in [3.05, 3.63) is 11.7 Å². The summed E-state index contributed by atoms with van der Waals surface area (Å²) < 4.78 is 10.5. The van der Waals surface area contributed by atoms with E-state index in [2.05, 4.69) is 29.3 Å². The fourth-order valence-corrected chi connectivity index (χ4v) is 1.74. The topological polar surface area (TPSA) is 60.2 Å². The van der Waals surface area contributed by atoms with Crippen molar-refractivity contribution >= 4 is 0 Å². The summed E-state index contributed by atoms with van der Waals surface area (Å²) in [5.74, 6) is 2.03. The van der Waals surface area contributed by atoms with E-state index in [1.54, 1.807) is 0 Å². The second-order valence-corrected chi connectivity index (χ2v) is 4.57. The molecule has 1 aromatic heterocycles. The molecule has 1 saturated heterocycles. The van der Waals surface area contributed by atoms with E-state index >= 15 is 0 Å². The molecule has 1 N–H and O–H groups in total. The van der Waals surface area contributed by atoms with Crippen LogP contribution in [-0.4, -0.2) is 29.4 Å². The summed E-state index contributed by atoms with van der Waals surface area (Å²) in [6.07, 6.45) is 1.97. The Hall–Kier alpha value is -0.940. The molecule has 0 aliphatic carbocycles. The second-order valence-electron chi connectivity index (χ2n) is 4.57. The average Bonchev–Trinajstić information content (AvgIpc) is 2.87. The fraction of sp³-hybridized carbons (Fsp3) is 0.818. The van der Waals surface area contributed by atoms with Gasteiger partial charge in [0.2, 0.25) is 5.89 Å². The zero-order valence-corrected chi connectivity index (χ0v) is 9.90. The van der Waals surface area contributed by atoms with Gasteiger partial charge in [-0.1, -0.05) is 19.0 Å². The second kappa shape index (κ2) is 5.41. The lowest BCUT2D eigenvalue weighted by atomic mass is 10.1. The van der Waals surface area contributed by atoms with Crippen molar-refractivity contribution in [2.75, 3.05) is 13.2 Å². The van der Waals surface area contributed by atoms with Crippen molar-refractivity contribution in [3.63, 3.8) is 0 Å². The highest BCUT2D eigenvalue weighted by Crippen LogP contribution is 2.16. The first-order valence-electron chi connectivity index (χ1n) is 5.86. The van der Waals surface area contributed by atoms with E-state index in [-0.39, 0.29) is 0 Å². The van der Waals surface area contributed by atoms with Crippen molar-refractivity contribution in [3.8, 4) is 0 Å². The van der Waals surface area contributed by atoms with Crippen LogP contribution in [-0.2, 0) is 17.7 Å². The van der Waals surface area contributed by atoms with Gasteiger partial charge in [-0.15, -0.1) is 0 Å². The minimum absolute atomic E-state index is 0.429. The lowest BCUT2D eigenvalue weighted by molar-refractivity contribution is 0.185. The quantitative estimate of drug-likeness (QED) is 0.814. The summed E-state index contributed by atoms with van der Waals surface area (Å²) in [4.78, 5) is 4.35. The third-order valence-electron chi connectivity index (χ3n) is 2.67. The predicted octanol–water partition coefficient (Wildman–Crippen LogP) is 1.15. The van der Waals surface area contributed by atoms with Crippen molar-refractivity contribution in [2.24, 2.45) is 5.92 Å². The summed E-state index contributed by atoms with van der Waals surface area (Å²) in [6, 6.07) is 0.429. The highest BCUT2D eigenvalue weighted by Gasteiger charge is 2.18. The number of nitrogens with zero attached hydrogens (tertiary/aromatic N) is 2. The van der Waals surface area contributed by atoms with Crippen LogP contribution in [0.2, 0.25) is 0 Å². The maximum atomic E-state index is 5.32. The standard InChI is InChI=1S/C11H19N3O2/c1-8(2)12-6-11-13-10(14-16-11)5-9-3-4-15-7-9/h8-9,12H,3-7H2,1-2H3. The molecule has 1 atom stereocenters. The summed E-state index contributed by atoms with van der Waals surface area (Å²) in [5.41, 5.74) is 0. The largest absolute Gasteiger partial charge is 0.381 e. The molecule has 90 valence electrons. The number of rotatable bonds is 5. The number of ether oxygens (including phenoxy) is 1. The van der Waals surface area contributed by atoms with Gasteiger partial charge < -0.3 is 14.6 Å². The van der Waals surface area contributed by atoms with Gasteiger partial charge in [-0.2, -0.15) is 4.98 Å². The molecule has 1 aliphatic rings. The Kier molecular flexibility index (Phi) is 3.90. The molecule has 16 heavy (non-hydrogen) atoms. The molecule has 2 heterocycles. The van der Waals surface area contributed by atoms with Gasteiger partial charge in [-0.05, 0) is 12.3 Å². The van der Waals surface area contributed by atoms with Crippen LogP contribution >= 0.6 is 0 Å². The van der Waals surface area contributed by atoms with E-state index in [0.717, 1.165) is 31.9 Å². The normalized spacial score (nSPS) is 20.8. The summed E-state index contributed by atoms with van der Waals surface area (Å²) in [5, 5.41) is 7.22. The Balaban J connectivity index is 1.81. The molecular formula is C11H19N3O2. The van der Waals surface area contributed by atoms with Gasteiger partial charge in [-0.25, -0.2) is 0 Å². The van der Waals surface area contributed by atoms with Crippen LogP contribution in [0.25, 0.3) is 0 Å². The van der Waals surface area contributed by atoms with Crippen LogP contribution in [0.15, 0.2) is 4.52 Å². The molecule has 5 nitrogen and oxygen atoms in total. The molecule has 0 amide bonds. The van der Waals surface area contributed by atoms with Crippen LogP contribution < -0.4 is 5.32 Å². The molecule has 0 bridgehead atoms. The van der Waals surface area contributed by atoms with Gasteiger partial charge in [0.25, 0.3) is 0 Å². The van der Waals surface area contributed by atoms with Gasteiger partial charge in [0.15, 0.2) is 5.82 Å².